The molecule has 0 unspecified atom stereocenters. The van der Waals surface area contributed by atoms with Crippen molar-refractivity contribution in [1.29, 1.82) is 0 Å². The van der Waals surface area contributed by atoms with E-state index >= 15 is 0 Å². The third-order valence-electron chi connectivity index (χ3n) is 1.17. The largest absolute Gasteiger partial charge is 0.306 e. The summed E-state index contributed by atoms with van der Waals surface area (Å²) < 4.78 is 23.2. The zero-order valence-electron chi connectivity index (χ0n) is 5.85. The zero-order chi connectivity index (χ0) is 8.10. The molecular formula is C6H9F2N3. The Morgan fingerprint density at radius 3 is 3.00 bits per heavy atom. The Morgan fingerprint density at radius 2 is 2.45 bits per heavy atom. The van der Waals surface area contributed by atoms with E-state index in [9.17, 15) is 8.78 Å². The fourth-order valence-corrected chi connectivity index (χ4v) is 0.699. The summed E-state index contributed by atoms with van der Waals surface area (Å²) in [5, 5.41) is 8.89. The van der Waals surface area contributed by atoms with Crippen molar-refractivity contribution in [2.24, 2.45) is 0 Å². The number of hydrogen-bond donors (Lipinski definition) is 2. The molecule has 1 rings (SSSR count). The molecule has 0 bridgehead atoms. The molecule has 3 nitrogen and oxygen atoms in total. The Labute approximate surface area is 62.8 Å². The summed E-state index contributed by atoms with van der Waals surface area (Å²) in [7, 11) is 0. The number of H-pyrrole nitrogens is 1. The van der Waals surface area contributed by atoms with E-state index in [0.717, 1.165) is 5.69 Å². The van der Waals surface area contributed by atoms with Crippen LogP contribution in [0.15, 0.2) is 12.3 Å². The van der Waals surface area contributed by atoms with Crippen molar-refractivity contribution in [3.63, 3.8) is 0 Å². The summed E-state index contributed by atoms with van der Waals surface area (Å²) in [4.78, 5) is 0. The molecule has 1 aromatic rings. The molecule has 0 aliphatic heterocycles. The quantitative estimate of drug-likeness (QED) is 0.684. The third-order valence-corrected chi connectivity index (χ3v) is 1.17. The second-order valence-electron chi connectivity index (χ2n) is 2.10. The molecule has 5 heteroatoms. The highest BCUT2D eigenvalue weighted by Crippen LogP contribution is 1.92. The minimum absolute atomic E-state index is 0.279. The van der Waals surface area contributed by atoms with E-state index in [-0.39, 0.29) is 6.54 Å². The highest BCUT2D eigenvalue weighted by atomic mass is 19.3. The molecule has 0 saturated heterocycles. The van der Waals surface area contributed by atoms with Crippen molar-refractivity contribution in [1.82, 2.24) is 15.5 Å². The number of nitrogens with zero attached hydrogens (tertiary/aromatic N) is 1. The van der Waals surface area contributed by atoms with Crippen LogP contribution in [-0.4, -0.2) is 23.2 Å². The molecule has 0 spiro atoms. The van der Waals surface area contributed by atoms with Crippen molar-refractivity contribution < 1.29 is 8.78 Å². The minimum Gasteiger partial charge on any atom is -0.306 e. The van der Waals surface area contributed by atoms with Gasteiger partial charge in [0, 0.05) is 18.4 Å². The Morgan fingerprint density at radius 1 is 1.64 bits per heavy atom. The number of alkyl halides is 2. The van der Waals surface area contributed by atoms with Crippen LogP contribution in [0.5, 0.6) is 0 Å². The molecule has 1 heterocycles. The van der Waals surface area contributed by atoms with E-state index in [1.54, 1.807) is 12.3 Å². The first kappa shape index (κ1) is 8.13. The van der Waals surface area contributed by atoms with Gasteiger partial charge in [-0.15, -0.1) is 0 Å². The van der Waals surface area contributed by atoms with Gasteiger partial charge in [-0.05, 0) is 6.07 Å². The number of nitrogens with one attached hydrogen (secondary N) is 2. The lowest BCUT2D eigenvalue weighted by atomic mass is 10.4. The van der Waals surface area contributed by atoms with Crippen LogP contribution in [0.2, 0.25) is 0 Å². The Kier molecular flexibility index (Phi) is 2.97. The minimum atomic E-state index is -2.29. The van der Waals surface area contributed by atoms with Crippen molar-refractivity contribution in [3.05, 3.63) is 18.0 Å². The highest BCUT2D eigenvalue weighted by molar-refractivity contribution is 4.96. The van der Waals surface area contributed by atoms with Crippen LogP contribution in [0.4, 0.5) is 8.78 Å². The second kappa shape index (κ2) is 4.02. The van der Waals surface area contributed by atoms with Crippen LogP contribution in [0.3, 0.4) is 0 Å². The predicted molar refractivity (Wildman–Crippen MR) is 36.3 cm³/mol. The van der Waals surface area contributed by atoms with Crippen LogP contribution < -0.4 is 5.32 Å². The van der Waals surface area contributed by atoms with E-state index in [1.165, 1.54) is 0 Å². The maximum absolute atomic E-state index is 11.6. The van der Waals surface area contributed by atoms with Gasteiger partial charge in [0.2, 0.25) is 0 Å². The number of hydrogen-bond acceptors (Lipinski definition) is 2. The molecule has 0 radical (unpaired) electrons. The average Bonchev–Trinajstić information content (AvgIpc) is 2.39. The maximum atomic E-state index is 11.6. The molecule has 11 heavy (non-hydrogen) atoms. The van der Waals surface area contributed by atoms with Crippen LogP contribution in [-0.2, 0) is 6.54 Å². The van der Waals surface area contributed by atoms with E-state index < -0.39 is 6.43 Å². The molecule has 2 N–H and O–H groups in total. The highest BCUT2D eigenvalue weighted by Gasteiger charge is 2.00. The Bertz CT molecular complexity index is 186. The van der Waals surface area contributed by atoms with E-state index in [4.69, 9.17) is 0 Å². The monoisotopic (exact) mass is 161 g/mol. The first-order valence-corrected chi connectivity index (χ1v) is 3.26. The second-order valence-corrected chi connectivity index (χ2v) is 2.10. The summed E-state index contributed by atoms with van der Waals surface area (Å²) in [6.45, 7) is 0.128. The van der Waals surface area contributed by atoms with Crippen LogP contribution in [0.1, 0.15) is 5.69 Å². The Hall–Kier alpha value is -0.970. The van der Waals surface area contributed by atoms with Gasteiger partial charge in [-0.3, -0.25) is 5.10 Å². The maximum Gasteiger partial charge on any atom is 0.250 e. The van der Waals surface area contributed by atoms with Gasteiger partial charge in [-0.1, -0.05) is 0 Å². The van der Waals surface area contributed by atoms with Gasteiger partial charge in [0.05, 0.1) is 6.54 Å². The molecule has 0 aliphatic carbocycles. The lowest BCUT2D eigenvalue weighted by molar-refractivity contribution is 0.145. The summed E-state index contributed by atoms with van der Waals surface area (Å²) in [5.74, 6) is 0. The van der Waals surface area contributed by atoms with Crippen molar-refractivity contribution in [2.45, 2.75) is 13.0 Å². The van der Waals surface area contributed by atoms with Crippen molar-refractivity contribution in [3.8, 4) is 0 Å². The van der Waals surface area contributed by atoms with Gasteiger partial charge in [-0.25, -0.2) is 8.78 Å². The molecule has 0 aromatic carbocycles. The number of halogens is 2. The molecule has 1 aromatic heterocycles. The lowest BCUT2D eigenvalue weighted by Gasteiger charge is -1.99. The van der Waals surface area contributed by atoms with Gasteiger partial charge in [0.25, 0.3) is 6.43 Å². The summed E-state index contributed by atoms with van der Waals surface area (Å²) >= 11 is 0. The first-order chi connectivity index (χ1) is 5.29. The van der Waals surface area contributed by atoms with Crippen LogP contribution in [0.25, 0.3) is 0 Å². The van der Waals surface area contributed by atoms with Crippen molar-refractivity contribution in [2.75, 3.05) is 6.54 Å². The average molecular weight is 161 g/mol. The molecule has 0 fully saturated rings. The summed E-state index contributed by atoms with van der Waals surface area (Å²) in [5.41, 5.74) is 0.811. The SMILES string of the molecule is FC(F)CNCc1ccn[nH]1. The Balaban J connectivity index is 2.14. The van der Waals surface area contributed by atoms with E-state index in [1.807, 2.05) is 0 Å². The van der Waals surface area contributed by atoms with E-state index in [2.05, 4.69) is 15.5 Å². The van der Waals surface area contributed by atoms with E-state index in [0.29, 0.717) is 6.54 Å². The fourth-order valence-electron chi connectivity index (χ4n) is 0.699. The van der Waals surface area contributed by atoms with Gasteiger partial charge in [0.1, 0.15) is 0 Å². The predicted octanol–water partition coefficient (Wildman–Crippen LogP) is 0.764. The third kappa shape index (κ3) is 3.08. The molecular weight excluding hydrogens is 152 g/mol. The lowest BCUT2D eigenvalue weighted by Crippen LogP contribution is -2.20. The van der Waals surface area contributed by atoms with Crippen LogP contribution in [0, 0.1) is 0 Å². The first-order valence-electron chi connectivity index (χ1n) is 3.26. The zero-order valence-corrected chi connectivity index (χ0v) is 5.85. The molecule has 0 amide bonds. The van der Waals surface area contributed by atoms with Crippen molar-refractivity contribution >= 4 is 0 Å². The van der Waals surface area contributed by atoms with Gasteiger partial charge in [0.15, 0.2) is 0 Å². The normalized spacial score (nSPS) is 10.8. The molecule has 0 saturated carbocycles. The van der Waals surface area contributed by atoms with Gasteiger partial charge in [-0.2, -0.15) is 5.10 Å². The molecule has 0 aliphatic rings. The van der Waals surface area contributed by atoms with Gasteiger partial charge >= 0.3 is 0 Å². The molecule has 62 valence electrons. The topological polar surface area (TPSA) is 40.7 Å². The standard InChI is InChI=1S/C6H9F2N3/c7-6(8)4-9-3-5-1-2-10-11-5/h1-2,6,9H,3-4H2,(H,10,11). The smallest absolute Gasteiger partial charge is 0.250 e. The summed E-state index contributed by atoms with van der Waals surface area (Å²) in [6.07, 6.45) is -0.711. The number of aromatic amines is 1. The number of aromatic nitrogens is 2. The number of rotatable bonds is 4. The van der Waals surface area contributed by atoms with Crippen LogP contribution >= 0.6 is 0 Å². The van der Waals surface area contributed by atoms with Gasteiger partial charge < -0.3 is 5.32 Å². The fraction of sp³-hybridized carbons (Fsp3) is 0.500. The summed E-state index contributed by atoms with van der Waals surface area (Å²) in [6, 6.07) is 1.73. The molecule has 0 atom stereocenters.